The van der Waals surface area contributed by atoms with E-state index in [2.05, 4.69) is 15.0 Å². The summed E-state index contributed by atoms with van der Waals surface area (Å²) in [5.74, 6) is 0.801. The highest BCUT2D eigenvalue weighted by Crippen LogP contribution is 2.26. The maximum atomic E-state index is 5.82. The average molecular weight is 269 g/mol. The van der Waals surface area contributed by atoms with Gasteiger partial charge in [0.15, 0.2) is 17.0 Å². The molecule has 0 amide bonds. The second-order valence-electron chi connectivity index (χ2n) is 4.93. The van der Waals surface area contributed by atoms with E-state index in [4.69, 9.17) is 4.74 Å². The van der Waals surface area contributed by atoms with E-state index in [1.807, 2.05) is 40.0 Å². The summed E-state index contributed by atoms with van der Waals surface area (Å²) in [7, 11) is 0. The maximum Gasteiger partial charge on any atom is 0.168 e. The Balaban J connectivity index is 1.83. The van der Waals surface area contributed by atoms with Crippen molar-refractivity contribution in [2.24, 2.45) is 0 Å². The fourth-order valence-electron chi connectivity index (χ4n) is 2.66. The summed E-state index contributed by atoms with van der Waals surface area (Å²) < 4.78 is 9.78. The highest BCUT2D eigenvalue weighted by molar-refractivity contribution is 5.78. The third-order valence-electron chi connectivity index (χ3n) is 3.65. The molecule has 3 aromatic heterocycles. The third-order valence-corrected chi connectivity index (χ3v) is 3.65. The van der Waals surface area contributed by atoms with Gasteiger partial charge in [0.25, 0.3) is 0 Å². The number of rotatable bonds is 2. The molecule has 20 heavy (non-hydrogen) atoms. The maximum absolute atomic E-state index is 5.82. The quantitative estimate of drug-likeness (QED) is 0.716. The summed E-state index contributed by atoms with van der Waals surface area (Å²) in [4.78, 5) is 13.2. The van der Waals surface area contributed by atoms with E-state index in [0.717, 1.165) is 36.4 Å². The Kier molecular flexibility index (Phi) is 2.74. The third kappa shape index (κ3) is 1.80. The second-order valence-corrected chi connectivity index (χ2v) is 4.93. The number of ether oxygens (including phenoxy) is 1. The molecule has 0 saturated carbocycles. The molecule has 6 heteroatoms. The van der Waals surface area contributed by atoms with Gasteiger partial charge in [0.2, 0.25) is 0 Å². The first-order valence-electron chi connectivity index (χ1n) is 6.86. The van der Waals surface area contributed by atoms with Crippen molar-refractivity contribution in [3.05, 3.63) is 37.2 Å². The molecule has 6 nitrogen and oxygen atoms in total. The van der Waals surface area contributed by atoms with Crippen molar-refractivity contribution in [2.75, 3.05) is 6.61 Å². The van der Waals surface area contributed by atoms with Crippen LogP contribution in [0.5, 0.6) is 0 Å². The van der Waals surface area contributed by atoms with E-state index in [9.17, 15) is 0 Å². The average Bonchev–Trinajstić information content (AvgIpc) is 3.17. The predicted molar refractivity (Wildman–Crippen MR) is 73.5 cm³/mol. The van der Waals surface area contributed by atoms with Gasteiger partial charge in [-0.15, -0.1) is 0 Å². The summed E-state index contributed by atoms with van der Waals surface area (Å²) in [5.41, 5.74) is 1.63. The van der Waals surface area contributed by atoms with Gasteiger partial charge in [-0.3, -0.25) is 4.57 Å². The number of nitrogens with zero attached hydrogens (tertiary/aromatic N) is 5. The number of imidazole rings is 1. The number of hydrogen-bond donors (Lipinski definition) is 0. The molecule has 0 aliphatic carbocycles. The van der Waals surface area contributed by atoms with E-state index >= 15 is 0 Å². The lowest BCUT2D eigenvalue weighted by atomic mass is 10.2. The molecular formula is C14H15N5O. The van der Waals surface area contributed by atoms with E-state index in [0.29, 0.717) is 0 Å². The van der Waals surface area contributed by atoms with Crippen LogP contribution in [0.3, 0.4) is 0 Å². The van der Waals surface area contributed by atoms with Crippen molar-refractivity contribution in [2.45, 2.75) is 25.5 Å². The van der Waals surface area contributed by atoms with Crippen LogP contribution < -0.4 is 0 Å². The van der Waals surface area contributed by atoms with Gasteiger partial charge in [0, 0.05) is 19.0 Å². The lowest BCUT2D eigenvalue weighted by molar-refractivity contribution is -0.0298. The molecule has 0 aromatic carbocycles. The van der Waals surface area contributed by atoms with E-state index < -0.39 is 0 Å². The van der Waals surface area contributed by atoms with Crippen LogP contribution in [-0.2, 0) is 4.74 Å². The molecule has 0 bridgehead atoms. The van der Waals surface area contributed by atoms with E-state index in [1.54, 1.807) is 6.33 Å². The molecule has 4 rings (SSSR count). The van der Waals surface area contributed by atoms with Crippen molar-refractivity contribution < 1.29 is 4.74 Å². The fourth-order valence-corrected chi connectivity index (χ4v) is 2.66. The molecule has 0 spiro atoms. The van der Waals surface area contributed by atoms with Crippen molar-refractivity contribution in [1.82, 2.24) is 24.1 Å². The minimum absolute atomic E-state index is 0.0427. The fraction of sp³-hybridized carbons (Fsp3) is 0.357. The van der Waals surface area contributed by atoms with E-state index in [-0.39, 0.29) is 6.23 Å². The van der Waals surface area contributed by atoms with Crippen LogP contribution in [0, 0.1) is 0 Å². The van der Waals surface area contributed by atoms with Crippen molar-refractivity contribution in [3.63, 3.8) is 0 Å². The molecule has 102 valence electrons. The SMILES string of the molecule is c1ccn(-c2ncnc3c2ncn3C2CCCCO2)c1. The first kappa shape index (κ1) is 11.6. The molecule has 1 aliphatic heterocycles. The Labute approximate surface area is 116 Å². The van der Waals surface area contributed by atoms with Crippen LogP contribution in [0.1, 0.15) is 25.5 Å². The normalized spacial score (nSPS) is 19.5. The molecule has 4 heterocycles. The zero-order chi connectivity index (χ0) is 13.4. The number of aromatic nitrogens is 5. The summed E-state index contributed by atoms with van der Waals surface area (Å²) >= 11 is 0. The largest absolute Gasteiger partial charge is 0.358 e. The molecule has 3 aromatic rings. The first-order chi connectivity index (χ1) is 9.93. The summed E-state index contributed by atoms with van der Waals surface area (Å²) in [5, 5.41) is 0. The summed E-state index contributed by atoms with van der Waals surface area (Å²) in [6.07, 6.45) is 10.7. The van der Waals surface area contributed by atoms with Gasteiger partial charge in [0.1, 0.15) is 12.6 Å². The molecule has 1 atom stereocenters. The summed E-state index contributed by atoms with van der Waals surface area (Å²) in [6, 6.07) is 3.93. The van der Waals surface area contributed by atoms with Gasteiger partial charge in [-0.25, -0.2) is 15.0 Å². The topological polar surface area (TPSA) is 57.8 Å². The van der Waals surface area contributed by atoms with Gasteiger partial charge in [-0.05, 0) is 31.4 Å². The Morgan fingerprint density at radius 1 is 1.10 bits per heavy atom. The van der Waals surface area contributed by atoms with Gasteiger partial charge in [0.05, 0.1) is 6.33 Å². The highest BCUT2D eigenvalue weighted by atomic mass is 16.5. The Morgan fingerprint density at radius 3 is 2.80 bits per heavy atom. The van der Waals surface area contributed by atoms with Gasteiger partial charge >= 0.3 is 0 Å². The van der Waals surface area contributed by atoms with Crippen molar-refractivity contribution >= 4 is 11.2 Å². The molecule has 1 fully saturated rings. The second kappa shape index (κ2) is 4.72. The molecule has 1 aliphatic rings. The molecular weight excluding hydrogens is 254 g/mol. The monoisotopic (exact) mass is 269 g/mol. The van der Waals surface area contributed by atoms with Gasteiger partial charge in [-0.2, -0.15) is 0 Å². The lowest BCUT2D eigenvalue weighted by Crippen LogP contribution is -2.17. The Hall–Kier alpha value is -2.21. The molecule has 0 N–H and O–H groups in total. The zero-order valence-corrected chi connectivity index (χ0v) is 11.0. The minimum atomic E-state index is 0.0427. The van der Waals surface area contributed by atoms with Crippen LogP contribution >= 0.6 is 0 Å². The smallest absolute Gasteiger partial charge is 0.168 e. The lowest BCUT2D eigenvalue weighted by Gasteiger charge is -2.23. The van der Waals surface area contributed by atoms with Crippen molar-refractivity contribution in [1.29, 1.82) is 0 Å². The Morgan fingerprint density at radius 2 is 2.00 bits per heavy atom. The molecule has 0 radical (unpaired) electrons. The van der Waals surface area contributed by atoms with E-state index in [1.165, 1.54) is 6.42 Å². The molecule has 1 unspecified atom stereocenters. The number of fused-ring (bicyclic) bond motifs is 1. The van der Waals surface area contributed by atoms with Crippen LogP contribution in [0.15, 0.2) is 37.2 Å². The molecule has 1 saturated heterocycles. The summed E-state index contributed by atoms with van der Waals surface area (Å²) in [6.45, 7) is 0.805. The van der Waals surface area contributed by atoms with Crippen LogP contribution in [0.25, 0.3) is 17.0 Å². The Bertz CT molecular complexity index is 712. The van der Waals surface area contributed by atoms with Crippen molar-refractivity contribution in [3.8, 4) is 5.82 Å². The van der Waals surface area contributed by atoms with Crippen LogP contribution in [-0.4, -0.2) is 30.7 Å². The van der Waals surface area contributed by atoms with Crippen LogP contribution in [0.2, 0.25) is 0 Å². The standard InChI is InChI=1S/C14H15N5O/c1-4-8-20-11(5-1)19-10-17-12-13(15-9-16-14(12)19)18-6-2-3-7-18/h2-3,6-7,9-11H,1,4-5,8H2. The van der Waals surface area contributed by atoms with Crippen LogP contribution in [0.4, 0.5) is 0 Å². The minimum Gasteiger partial charge on any atom is -0.358 e. The highest BCUT2D eigenvalue weighted by Gasteiger charge is 2.20. The van der Waals surface area contributed by atoms with Gasteiger partial charge < -0.3 is 9.30 Å². The predicted octanol–water partition coefficient (Wildman–Crippen LogP) is 2.32. The number of hydrogen-bond acceptors (Lipinski definition) is 4. The first-order valence-corrected chi connectivity index (χ1v) is 6.86. The van der Waals surface area contributed by atoms with Gasteiger partial charge in [-0.1, -0.05) is 0 Å². The zero-order valence-electron chi connectivity index (χ0n) is 11.0.